The number of hydrogen-bond donors (Lipinski definition) is 1. The molecule has 0 saturated carbocycles. The number of thiazole rings is 1. The molecule has 1 N–H and O–H groups in total. The van der Waals surface area contributed by atoms with Gasteiger partial charge < -0.3 is 10.1 Å². The Balaban J connectivity index is 1.68. The first-order chi connectivity index (χ1) is 12.0. The molecule has 1 heterocycles. The van der Waals surface area contributed by atoms with E-state index in [9.17, 15) is 9.59 Å². The number of hydrogen-bond acceptors (Lipinski definition) is 4. The molecule has 130 valence electrons. The van der Waals surface area contributed by atoms with Gasteiger partial charge in [-0.25, -0.2) is 0 Å². The quantitative estimate of drug-likeness (QED) is 0.758. The van der Waals surface area contributed by atoms with E-state index in [1.54, 1.807) is 10.6 Å². The molecular formula is C19H20N2O3S. The summed E-state index contributed by atoms with van der Waals surface area (Å²) < 4.78 is 8.14. The topological polar surface area (TPSA) is 60.3 Å². The van der Waals surface area contributed by atoms with Crippen LogP contribution < -0.4 is 14.9 Å². The zero-order valence-corrected chi connectivity index (χ0v) is 15.3. The number of ether oxygens (including phenoxy) is 1. The third-order valence-corrected chi connectivity index (χ3v) is 4.78. The van der Waals surface area contributed by atoms with E-state index < -0.39 is 0 Å². The monoisotopic (exact) mass is 356 g/mol. The van der Waals surface area contributed by atoms with Crippen molar-refractivity contribution in [2.45, 2.75) is 27.3 Å². The molecule has 0 spiro atoms. The lowest BCUT2D eigenvalue weighted by Crippen LogP contribution is -2.20. The van der Waals surface area contributed by atoms with Crippen LogP contribution >= 0.6 is 11.3 Å². The van der Waals surface area contributed by atoms with Crippen LogP contribution in [0.15, 0.2) is 41.2 Å². The van der Waals surface area contributed by atoms with Gasteiger partial charge in [0.2, 0.25) is 0 Å². The van der Waals surface area contributed by atoms with Gasteiger partial charge in [0.25, 0.3) is 5.91 Å². The Morgan fingerprint density at radius 2 is 1.88 bits per heavy atom. The minimum atomic E-state index is -0.235. The summed E-state index contributed by atoms with van der Waals surface area (Å²) in [6.45, 7) is 6.49. The number of carbonyl (C=O) groups excluding carboxylic acids is 1. The van der Waals surface area contributed by atoms with E-state index in [1.807, 2.05) is 45.0 Å². The minimum absolute atomic E-state index is 0.0131. The SMILES string of the molecule is CCn1c(=O)sc2cc(NC(=O)COc3cc(C)cc(C)c3)ccc21. The molecule has 3 aromatic rings. The van der Waals surface area contributed by atoms with Crippen molar-refractivity contribution in [3.63, 3.8) is 0 Å². The van der Waals surface area contributed by atoms with Crippen molar-refractivity contribution >= 4 is 33.1 Å². The van der Waals surface area contributed by atoms with E-state index in [-0.39, 0.29) is 17.4 Å². The molecule has 0 bridgehead atoms. The van der Waals surface area contributed by atoms with Crippen molar-refractivity contribution in [1.29, 1.82) is 0 Å². The Morgan fingerprint density at radius 1 is 1.16 bits per heavy atom. The van der Waals surface area contributed by atoms with Crippen LogP contribution in [-0.4, -0.2) is 17.1 Å². The largest absolute Gasteiger partial charge is 0.484 e. The van der Waals surface area contributed by atoms with Gasteiger partial charge in [0, 0.05) is 12.2 Å². The van der Waals surface area contributed by atoms with Gasteiger partial charge in [-0.3, -0.25) is 14.2 Å². The molecule has 2 aromatic carbocycles. The van der Waals surface area contributed by atoms with Crippen LogP contribution in [-0.2, 0) is 11.3 Å². The molecule has 0 aliphatic carbocycles. The van der Waals surface area contributed by atoms with Gasteiger partial charge >= 0.3 is 4.87 Å². The van der Waals surface area contributed by atoms with Crippen LogP contribution in [0.4, 0.5) is 5.69 Å². The van der Waals surface area contributed by atoms with Crippen LogP contribution in [0.2, 0.25) is 0 Å². The normalized spacial score (nSPS) is 10.8. The molecule has 6 heteroatoms. The first-order valence-electron chi connectivity index (χ1n) is 8.10. The fourth-order valence-corrected chi connectivity index (χ4v) is 3.80. The molecule has 3 rings (SSSR count). The second-order valence-corrected chi connectivity index (χ2v) is 6.95. The number of aryl methyl sites for hydroxylation is 3. The number of fused-ring (bicyclic) bond motifs is 1. The van der Waals surface area contributed by atoms with Gasteiger partial charge in [0.05, 0.1) is 10.2 Å². The fourth-order valence-electron chi connectivity index (χ4n) is 2.81. The summed E-state index contributed by atoms with van der Waals surface area (Å²) in [6.07, 6.45) is 0. The molecule has 0 saturated heterocycles. The predicted molar refractivity (Wildman–Crippen MR) is 102 cm³/mol. The Labute approximate surface area is 149 Å². The molecule has 25 heavy (non-hydrogen) atoms. The van der Waals surface area contributed by atoms with Crippen molar-refractivity contribution < 1.29 is 9.53 Å². The van der Waals surface area contributed by atoms with Gasteiger partial charge in [-0.2, -0.15) is 0 Å². The highest BCUT2D eigenvalue weighted by molar-refractivity contribution is 7.16. The summed E-state index contributed by atoms with van der Waals surface area (Å²) >= 11 is 1.18. The van der Waals surface area contributed by atoms with Crippen LogP contribution in [0.25, 0.3) is 10.2 Å². The lowest BCUT2D eigenvalue weighted by Gasteiger charge is -2.09. The zero-order valence-electron chi connectivity index (χ0n) is 14.5. The number of amides is 1. The van der Waals surface area contributed by atoms with Crippen LogP contribution in [0, 0.1) is 13.8 Å². The summed E-state index contributed by atoms with van der Waals surface area (Å²) in [5.41, 5.74) is 3.74. The minimum Gasteiger partial charge on any atom is -0.484 e. The summed E-state index contributed by atoms with van der Waals surface area (Å²) in [7, 11) is 0. The van der Waals surface area contributed by atoms with E-state index >= 15 is 0 Å². The standard InChI is InChI=1S/C19H20N2O3S/c1-4-21-16-6-5-14(10-17(16)25-19(21)23)20-18(22)11-24-15-8-12(2)7-13(3)9-15/h5-10H,4,11H2,1-3H3,(H,20,22). The van der Waals surface area contributed by atoms with Crippen molar-refractivity contribution in [3.8, 4) is 5.75 Å². The van der Waals surface area contributed by atoms with E-state index in [0.717, 1.165) is 21.3 Å². The van der Waals surface area contributed by atoms with Gasteiger partial charge in [-0.1, -0.05) is 17.4 Å². The smallest absolute Gasteiger partial charge is 0.308 e. The highest BCUT2D eigenvalue weighted by Crippen LogP contribution is 2.22. The summed E-state index contributed by atoms with van der Waals surface area (Å²) in [6, 6.07) is 11.3. The van der Waals surface area contributed by atoms with Crippen molar-refractivity contribution in [3.05, 3.63) is 57.2 Å². The maximum Gasteiger partial charge on any atom is 0.308 e. The Kier molecular flexibility index (Phi) is 4.90. The van der Waals surface area contributed by atoms with Gasteiger partial charge in [0.1, 0.15) is 5.75 Å². The van der Waals surface area contributed by atoms with Gasteiger partial charge in [-0.05, 0) is 62.2 Å². The molecule has 0 aliphatic heterocycles. The zero-order chi connectivity index (χ0) is 18.0. The van der Waals surface area contributed by atoms with E-state index in [2.05, 4.69) is 11.4 Å². The van der Waals surface area contributed by atoms with Crippen LogP contribution in [0.5, 0.6) is 5.75 Å². The molecule has 0 atom stereocenters. The lowest BCUT2D eigenvalue weighted by molar-refractivity contribution is -0.118. The third-order valence-electron chi connectivity index (χ3n) is 3.83. The molecule has 1 aromatic heterocycles. The average Bonchev–Trinajstić information content (AvgIpc) is 2.86. The molecule has 0 aliphatic rings. The average molecular weight is 356 g/mol. The number of benzene rings is 2. The second kappa shape index (κ2) is 7.11. The fraction of sp³-hybridized carbons (Fsp3) is 0.263. The Bertz CT molecular complexity index is 968. The molecule has 0 fully saturated rings. The van der Waals surface area contributed by atoms with Crippen LogP contribution in [0.3, 0.4) is 0 Å². The van der Waals surface area contributed by atoms with E-state index in [1.165, 1.54) is 11.3 Å². The number of aromatic nitrogens is 1. The lowest BCUT2D eigenvalue weighted by atomic mass is 10.1. The number of anilines is 1. The Hall–Kier alpha value is -2.60. The van der Waals surface area contributed by atoms with E-state index in [0.29, 0.717) is 18.0 Å². The number of rotatable bonds is 5. The maximum atomic E-state index is 12.1. The van der Waals surface area contributed by atoms with Crippen molar-refractivity contribution in [2.24, 2.45) is 0 Å². The number of carbonyl (C=O) groups is 1. The molecule has 0 unspecified atom stereocenters. The molecule has 1 amide bonds. The second-order valence-electron chi connectivity index (χ2n) is 5.95. The van der Waals surface area contributed by atoms with Gasteiger partial charge in [-0.15, -0.1) is 0 Å². The van der Waals surface area contributed by atoms with Crippen molar-refractivity contribution in [1.82, 2.24) is 4.57 Å². The molecule has 5 nitrogen and oxygen atoms in total. The summed E-state index contributed by atoms with van der Waals surface area (Å²) in [5, 5.41) is 2.81. The summed E-state index contributed by atoms with van der Waals surface area (Å²) in [5.74, 6) is 0.446. The summed E-state index contributed by atoms with van der Waals surface area (Å²) in [4.78, 5) is 24.0. The highest BCUT2D eigenvalue weighted by atomic mass is 32.1. The van der Waals surface area contributed by atoms with Crippen LogP contribution in [0.1, 0.15) is 18.1 Å². The van der Waals surface area contributed by atoms with E-state index in [4.69, 9.17) is 4.74 Å². The highest BCUT2D eigenvalue weighted by Gasteiger charge is 2.09. The first-order valence-corrected chi connectivity index (χ1v) is 8.92. The first kappa shape index (κ1) is 17.2. The number of nitrogens with zero attached hydrogens (tertiary/aromatic N) is 1. The number of nitrogens with one attached hydrogen (secondary N) is 1. The molecule has 0 radical (unpaired) electrons. The molecular weight excluding hydrogens is 336 g/mol. The maximum absolute atomic E-state index is 12.1. The van der Waals surface area contributed by atoms with Crippen molar-refractivity contribution in [2.75, 3.05) is 11.9 Å². The Morgan fingerprint density at radius 3 is 2.56 bits per heavy atom. The third kappa shape index (κ3) is 3.91. The van der Waals surface area contributed by atoms with Gasteiger partial charge in [0.15, 0.2) is 6.61 Å². The predicted octanol–water partition coefficient (Wildman–Crippen LogP) is 3.72.